The van der Waals surface area contributed by atoms with Crippen LogP contribution in [0.1, 0.15) is 11.5 Å². The van der Waals surface area contributed by atoms with E-state index >= 15 is 0 Å². The molecule has 1 aromatic heterocycles. The topological polar surface area (TPSA) is 68.0 Å². The smallest absolute Gasteiger partial charge is 0.247 e. The Bertz CT molecular complexity index is 832. The standard InChI is InChI=1S/C17H13ClFN3O2/c18-13-5-1-11(2-6-13)9-15(23)20-10-16-21-22-17(24-16)12-3-7-14(19)8-4-12/h1-8H,9-10H2,(H,20,23). The second-order valence-electron chi connectivity index (χ2n) is 5.09. The van der Waals surface area contributed by atoms with Crippen molar-refractivity contribution in [3.05, 3.63) is 70.8 Å². The lowest BCUT2D eigenvalue weighted by Gasteiger charge is -2.03. The fourth-order valence-electron chi connectivity index (χ4n) is 2.06. The lowest BCUT2D eigenvalue weighted by atomic mass is 10.1. The van der Waals surface area contributed by atoms with E-state index in [0.29, 0.717) is 10.6 Å². The summed E-state index contributed by atoms with van der Waals surface area (Å²) in [6.07, 6.45) is 0.232. The largest absolute Gasteiger partial charge is 0.419 e. The van der Waals surface area contributed by atoms with Crippen molar-refractivity contribution in [1.82, 2.24) is 15.5 Å². The molecule has 7 heteroatoms. The number of benzene rings is 2. The van der Waals surface area contributed by atoms with Gasteiger partial charge in [0.1, 0.15) is 5.82 Å². The van der Waals surface area contributed by atoms with Crippen LogP contribution in [0.15, 0.2) is 52.9 Å². The van der Waals surface area contributed by atoms with Gasteiger partial charge in [0.15, 0.2) is 0 Å². The van der Waals surface area contributed by atoms with Crippen LogP contribution in [-0.4, -0.2) is 16.1 Å². The lowest BCUT2D eigenvalue weighted by molar-refractivity contribution is -0.120. The summed E-state index contributed by atoms with van der Waals surface area (Å²) in [6, 6.07) is 12.8. The van der Waals surface area contributed by atoms with Crippen LogP contribution in [0.25, 0.3) is 11.5 Å². The molecule has 0 saturated heterocycles. The average Bonchev–Trinajstić information content (AvgIpc) is 3.05. The zero-order valence-corrected chi connectivity index (χ0v) is 13.3. The fourth-order valence-corrected chi connectivity index (χ4v) is 2.18. The number of rotatable bonds is 5. The number of hydrogen-bond donors (Lipinski definition) is 1. The number of amides is 1. The molecule has 0 fully saturated rings. The summed E-state index contributed by atoms with van der Waals surface area (Å²) >= 11 is 5.80. The van der Waals surface area contributed by atoms with Crippen molar-refractivity contribution in [3.63, 3.8) is 0 Å². The summed E-state index contributed by atoms with van der Waals surface area (Å²) in [4.78, 5) is 11.9. The Balaban J connectivity index is 1.56. The maximum atomic E-state index is 12.9. The van der Waals surface area contributed by atoms with Crippen LogP contribution >= 0.6 is 11.6 Å². The van der Waals surface area contributed by atoms with Crippen LogP contribution in [0.2, 0.25) is 5.02 Å². The van der Waals surface area contributed by atoms with Gasteiger partial charge in [-0.15, -0.1) is 10.2 Å². The van der Waals surface area contributed by atoms with Crippen LogP contribution in [0.5, 0.6) is 0 Å². The number of hydrogen-bond acceptors (Lipinski definition) is 4. The molecule has 3 aromatic rings. The molecule has 1 heterocycles. The van der Waals surface area contributed by atoms with E-state index in [1.807, 2.05) is 0 Å². The Hall–Kier alpha value is -2.73. The van der Waals surface area contributed by atoms with Crippen LogP contribution in [0.3, 0.4) is 0 Å². The van der Waals surface area contributed by atoms with Gasteiger partial charge in [0, 0.05) is 10.6 Å². The van der Waals surface area contributed by atoms with Gasteiger partial charge >= 0.3 is 0 Å². The van der Waals surface area contributed by atoms with Crippen molar-refractivity contribution in [2.45, 2.75) is 13.0 Å². The van der Waals surface area contributed by atoms with Crippen molar-refractivity contribution >= 4 is 17.5 Å². The third kappa shape index (κ3) is 4.17. The molecule has 1 amide bonds. The number of halogens is 2. The van der Waals surface area contributed by atoms with Crippen LogP contribution in [0, 0.1) is 5.82 Å². The van der Waals surface area contributed by atoms with Crippen molar-refractivity contribution in [3.8, 4) is 11.5 Å². The quantitative estimate of drug-likeness (QED) is 0.769. The molecule has 24 heavy (non-hydrogen) atoms. The van der Waals surface area contributed by atoms with Crippen LogP contribution < -0.4 is 5.32 Å². The Morgan fingerprint density at radius 2 is 1.79 bits per heavy atom. The van der Waals surface area contributed by atoms with Crippen molar-refractivity contribution in [2.75, 3.05) is 0 Å². The van der Waals surface area contributed by atoms with E-state index in [9.17, 15) is 9.18 Å². The van der Waals surface area contributed by atoms with Crippen LogP contribution in [-0.2, 0) is 17.8 Å². The van der Waals surface area contributed by atoms with E-state index in [-0.39, 0.29) is 36.5 Å². The summed E-state index contributed by atoms with van der Waals surface area (Å²) in [6.45, 7) is 0.126. The minimum Gasteiger partial charge on any atom is -0.419 e. The zero-order valence-electron chi connectivity index (χ0n) is 12.5. The number of nitrogens with zero attached hydrogens (tertiary/aromatic N) is 2. The SMILES string of the molecule is O=C(Cc1ccc(Cl)cc1)NCc1nnc(-c2ccc(F)cc2)o1. The Morgan fingerprint density at radius 1 is 1.08 bits per heavy atom. The first-order chi connectivity index (χ1) is 11.6. The van der Waals surface area contributed by atoms with Gasteiger partial charge in [0.25, 0.3) is 0 Å². The second-order valence-corrected chi connectivity index (χ2v) is 5.52. The molecule has 0 unspecified atom stereocenters. The highest BCUT2D eigenvalue weighted by atomic mass is 35.5. The van der Waals surface area contributed by atoms with E-state index in [1.165, 1.54) is 12.1 Å². The summed E-state index contributed by atoms with van der Waals surface area (Å²) < 4.78 is 18.3. The van der Waals surface area contributed by atoms with Gasteiger partial charge in [-0.3, -0.25) is 4.79 Å². The van der Waals surface area contributed by atoms with Gasteiger partial charge in [0.05, 0.1) is 13.0 Å². The molecule has 2 aromatic carbocycles. The molecule has 5 nitrogen and oxygen atoms in total. The minimum absolute atomic E-state index is 0.126. The molecule has 0 atom stereocenters. The Kier molecular flexibility index (Phi) is 4.86. The molecule has 0 bridgehead atoms. The highest BCUT2D eigenvalue weighted by molar-refractivity contribution is 6.30. The predicted molar refractivity (Wildman–Crippen MR) is 86.7 cm³/mol. The molecule has 0 spiro atoms. The molecule has 3 rings (SSSR count). The maximum Gasteiger partial charge on any atom is 0.247 e. The first-order valence-corrected chi connectivity index (χ1v) is 7.57. The molecule has 0 aliphatic carbocycles. The van der Waals surface area contributed by atoms with Gasteiger partial charge in [0.2, 0.25) is 17.7 Å². The summed E-state index contributed by atoms with van der Waals surface area (Å²) in [5.41, 5.74) is 1.47. The number of carbonyl (C=O) groups is 1. The predicted octanol–water partition coefficient (Wildman–Crippen LogP) is 3.39. The molecule has 0 aliphatic heterocycles. The molecule has 122 valence electrons. The number of nitrogens with one attached hydrogen (secondary N) is 1. The van der Waals surface area contributed by atoms with E-state index in [4.69, 9.17) is 16.0 Å². The molecule has 0 radical (unpaired) electrons. The summed E-state index contributed by atoms with van der Waals surface area (Å²) in [5.74, 6) is 0.0440. The molecule has 1 N–H and O–H groups in total. The first-order valence-electron chi connectivity index (χ1n) is 7.19. The highest BCUT2D eigenvalue weighted by Crippen LogP contribution is 2.18. The van der Waals surface area contributed by atoms with Crippen LogP contribution in [0.4, 0.5) is 4.39 Å². The van der Waals surface area contributed by atoms with Crippen molar-refractivity contribution in [1.29, 1.82) is 0 Å². The third-order valence-corrected chi connectivity index (χ3v) is 3.52. The van der Waals surface area contributed by atoms with E-state index in [2.05, 4.69) is 15.5 Å². The van der Waals surface area contributed by atoms with Gasteiger partial charge in [-0.05, 0) is 42.0 Å². The normalized spacial score (nSPS) is 10.6. The molecule has 0 aliphatic rings. The molecule has 0 saturated carbocycles. The Labute approximate surface area is 142 Å². The van der Waals surface area contributed by atoms with Gasteiger partial charge in [-0.1, -0.05) is 23.7 Å². The maximum absolute atomic E-state index is 12.9. The number of carbonyl (C=O) groups excluding carboxylic acids is 1. The molecular formula is C17H13ClFN3O2. The monoisotopic (exact) mass is 345 g/mol. The summed E-state index contributed by atoms with van der Waals surface area (Å²) in [7, 11) is 0. The van der Waals surface area contributed by atoms with Gasteiger partial charge in [-0.2, -0.15) is 0 Å². The van der Waals surface area contributed by atoms with Crippen molar-refractivity contribution < 1.29 is 13.6 Å². The lowest BCUT2D eigenvalue weighted by Crippen LogP contribution is -2.24. The summed E-state index contributed by atoms with van der Waals surface area (Å²) in [5, 5.41) is 11.1. The van der Waals surface area contributed by atoms with E-state index in [1.54, 1.807) is 36.4 Å². The number of aromatic nitrogens is 2. The fraction of sp³-hybridized carbons (Fsp3) is 0.118. The highest BCUT2D eigenvalue weighted by Gasteiger charge is 2.10. The third-order valence-electron chi connectivity index (χ3n) is 3.27. The van der Waals surface area contributed by atoms with E-state index in [0.717, 1.165) is 5.56 Å². The second kappa shape index (κ2) is 7.23. The minimum atomic E-state index is -0.340. The van der Waals surface area contributed by atoms with Gasteiger partial charge in [-0.25, -0.2) is 4.39 Å². The first kappa shape index (κ1) is 16.1. The van der Waals surface area contributed by atoms with E-state index < -0.39 is 0 Å². The molecular weight excluding hydrogens is 333 g/mol. The Morgan fingerprint density at radius 3 is 2.50 bits per heavy atom. The average molecular weight is 346 g/mol. The zero-order chi connectivity index (χ0) is 16.9. The van der Waals surface area contributed by atoms with Gasteiger partial charge < -0.3 is 9.73 Å². The van der Waals surface area contributed by atoms with Crippen molar-refractivity contribution in [2.24, 2.45) is 0 Å².